The Bertz CT molecular complexity index is 200. The molecule has 0 aliphatic heterocycles. The van der Waals surface area contributed by atoms with Crippen LogP contribution in [-0.2, 0) is 4.74 Å². The molecule has 0 heterocycles. The van der Waals surface area contributed by atoms with E-state index in [0.717, 1.165) is 38.8 Å². The second-order valence-electron chi connectivity index (χ2n) is 5.82. The highest BCUT2D eigenvalue weighted by atomic mass is 16.5. The van der Waals surface area contributed by atoms with Gasteiger partial charge in [0.1, 0.15) is 0 Å². The molecule has 1 aliphatic carbocycles. The number of hydrogen-bond acceptors (Lipinski definition) is 3. The van der Waals surface area contributed by atoms with Crippen molar-refractivity contribution in [2.75, 3.05) is 39.9 Å². The molecule has 3 nitrogen and oxygen atoms in total. The van der Waals surface area contributed by atoms with Crippen LogP contribution in [0.25, 0.3) is 0 Å². The van der Waals surface area contributed by atoms with E-state index in [-0.39, 0.29) is 0 Å². The second kappa shape index (κ2) is 7.34. The van der Waals surface area contributed by atoms with E-state index in [1.54, 1.807) is 0 Å². The number of nitrogens with two attached hydrogens (primary N) is 1. The lowest BCUT2D eigenvalue weighted by atomic mass is 9.70. The molecule has 3 heteroatoms. The zero-order valence-electron chi connectivity index (χ0n) is 11.9. The van der Waals surface area contributed by atoms with E-state index < -0.39 is 0 Å². The minimum absolute atomic E-state index is 0.369. The van der Waals surface area contributed by atoms with Crippen LogP contribution in [0.5, 0.6) is 0 Å². The summed E-state index contributed by atoms with van der Waals surface area (Å²) in [5.74, 6) is 0.892. The monoisotopic (exact) mass is 242 g/mol. The number of rotatable bonds is 7. The van der Waals surface area contributed by atoms with Crippen molar-refractivity contribution in [3.8, 4) is 0 Å². The van der Waals surface area contributed by atoms with E-state index in [1.165, 1.54) is 25.7 Å². The van der Waals surface area contributed by atoms with Crippen LogP contribution in [0, 0.1) is 11.3 Å². The van der Waals surface area contributed by atoms with Crippen LogP contribution in [0.3, 0.4) is 0 Å². The Hall–Kier alpha value is -0.120. The first kappa shape index (κ1) is 14.9. The zero-order chi connectivity index (χ0) is 12.7. The Labute approximate surface area is 107 Å². The molecule has 0 amide bonds. The average molecular weight is 242 g/mol. The first-order chi connectivity index (χ1) is 8.12. The van der Waals surface area contributed by atoms with Crippen LogP contribution >= 0.6 is 0 Å². The van der Waals surface area contributed by atoms with Crippen molar-refractivity contribution in [1.82, 2.24) is 4.90 Å². The molecule has 102 valence electrons. The third-order valence-corrected chi connectivity index (χ3v) is 4.19. The average Bonchev–Trinajstić information content (AvgIpc) is 2.33. The van der Waals surface area contributed by atoms with Gasteiger partial charge in [0.05, 0.1) is 6.61 Å². The van der Waals surface area contributed by atoms with Crippen molar-refractivity contribution >= 4 is 0 Å². The largest absolute Gasteiger partial charge is 0.380 e. The SMILES string of the molecule is CCOCCN(C)CC1(CN)CCC(C)CC1. The van der Waals surface area contributed by atoms with Crippen molar-refractivity contribution in [3.05, 3.63) is 0 Å². The summed E-state index contributed by atoms with van der Waals surface area (Å²) in [4.78, 5) is 2.39. The van der Waals surface area contributed by atoms with Crippen molar-refractivity contribution in [2.24, 2.45) is 17.1 Å². The molecular formula is C14H30N2O. The summed E-state index contributed by atoms with van der Waals surface area (Å²) < 4.78 is 5.40. The Morgan fingerprint density at radius 3 is 2.53 bits per heavy atom. The predicted molar refractivity (Wildman–Crippen MR) is 73.1 cm³/mol. The first-order valence-corrected chi connectivity index (χ1v) is 7.08. The second-order valence-corrected chi connectivity index (χ2v) is 5.82. The van der Waals surface area contributed by atoms with Crippen LogP contribution in [-0.4, -0.2) is 44.8 Å². The third-order valence-electron chi connectivity index (χ3n) is 4.19. The molecule has 0 bridgehead atoms. The molecule has 0 atom stereocenters. The van der Waals surface area contributed by atoms with Gasteiger partial charge >= 0.3 is 0 Å². The van der Waals surface area contributed by atoms with Gasteiger partial charge in [-0.15, -0.1) is 0 Å². The van der Waals surface area contributed by atoms with Gasteiger partial charge in [-0.05, 0) is 44.7 Å². The van der Waals surface area contributed by atoms with Gasteiger partial charge in [0.25, 0.3) is 0 Å². The van der Waals surface area contributed by atoms with Gasteiger partial charge < -0.3 is 15.4 Å². The molecule has 0 saturated heterocycles. The molecule has 0 spiro atoms. The minimum atomic E-state index is 0.369. The highest BCUT2D eigenvalue weighted by molar-refractivity contribution is 4.87. The van der Waals surface area contributed by atoms with E-state index in [2.05, 4.69) is 18.9 Å². The van der Waals surface area contributed by atoms with Crippen molar-refractivity contribution in [2.45, 2.75) is 39.5 Å². The summed E-state index contributed by atoms with van der Waals surface area (Å²) in [6.45, 7) is 9.04. The Balaban J connectivity index is 2.34. The molecule has 17 heavy (non-hydrogen) atoms. The summed E-state index contributed by atoms with van der Waals surface area (Å²) in [7, 11) is 2.19. The lowest BCUT2D eigenvalue weighted by Gasteiger charge is -2.41. The summed E-state index contributed by atoms with van der Waals surface area (Å²) in [5.41, 5.74) is 6.40. The highest BCUT2D eigenvalue weighted by Crippen LogP contribution is 2.38. The number of nitrogens with zero attached hydrogens (tertiary/aromatic N) is 1. The van der Waals surface area contributed by atoms with Gasteiger partial charge in [-0.25, -0.2) is 0 Å². The number of hydrogen-bond donors (Lipinski definition) is 1. The maximum absolute atomic E-state index is 6.03. The molecule has 0 unspecified atom stereocenters. The lowest BCUT2D eigenvalue weighted by Crippen LogP contribution is -2.44. The fourth-order valence-corrected chi connectivity index (χ4v) is 2.82. The van der Waals surface area contributed by atoms with Gasteiger partial charge in [-0.1, -0.05) is 19.8 Å². The quantitative estimate of drug-likeness (QED) is 0.695. The normalized spacial score (nSPS) is 29.8. The summed E-state index contributed by atoms with van der Waals surface area (Å²) in [6.07, 6.45) is 5.28. The third kappa shape index (κ3) is 4.94. The molecule has 1 aliphatic rings. The zero-order valence-corrected chi connectivity index (χ0v) is 11.9. The van der Waals surface area contributed by atoms with Crippen molar-refractivity contribution in [3.63, 3.8) is 0 Å². The first-order valence-electron chi connectivity index (χ1n) is 7.08. The van der Waals surface area contributed by atoms with Crippen LogP contribution in [0.15, 0.2) is 0 Å². The van der Waals surface area contributed by atoms with E-state index >= 15 is 0 Å². The molecule has 1 rings (SSSR count). The maximum atomic E-state index is 6.03. The maximum Gasteiger partial charge on any atom is 0.0593 e. The fourth-order valence-electron chi connectivity index (χ4n) is 2.82. The molecule has 0 aromatic heterocycles. The number of ether oxygens (including phenoxy) is 1. The standard InChI is InChI=1S/C14H30N2O/c1-4-17-10-9-16(3)12-14(11-15)7-5-13(2)6-8-14/h13H,4-12,15H2,1-3H3. The highest BCUT2D eigenvalue weighted by Gasteiger charge is 2.33. The van der Waals surface area contributed by atoms with E-state index in [4.69, 9.17) is 10.5 Å². The smallest absolute Gasteiger partial charge is 0.0593 e. The van der Waals surface area contributed by atoms with Gasteiger partial charge in [-0.3, -0.25) is 0 Å². The van der Waals surface area contributed by atoms with Gasteiger partial charge in [-0.2, -0.15) is 0 Å². The molecule has 0 radical (unpaired) electrons. The molecule has 0 aromatic carbocycles. The number of likely N-dealkylation sites (N-methyl/N-ethyl adjacent to an activating group) is 1. The van der Waals surface area contributed by atoms with E-state index in [0.29, 0.717) is 5.41 Å². The fraction of sp³-hybridized carbons (Fsp3) is 1.00. The molecule has 2 N–H and O–H groups in total. The molecule has 1 fully saturated rings. The Morgan fingerprint density at radius 2 is 2.00 bits per heavy atom. The van der Waals surface area contributed by atoms with Gasteiger partial charge in [0.2, 0.25) is 0 Å². The predicted octanol–water partition coefficient (Wildman–Crippen LogP) is 2.11. The van der Waals surface area contributed by atoms with Crippen LogP contribution in [0.2, 0.25) is 0 Å². The van der Waals surface area contributed by atoms with Crippen LogP contribution in [0.1, 0.15) is 39.5 Å². The van der Waals surface area contributed by atoms with Gasteiger partial charge in [0, 0.05) is 19.7 Å². The summed E-state index contributed by atoms with van der Waals surface area (Å²) in [6, 6.07) is 0. The molecule has 0 aromatic rings. The Morgan fingerprint density at radius 1 is 1.35 bits per heavy atom. The van der Waals surface area contributed by atoms with E-state index in [1.807, 2.05) is 6.92 Å². The molecule has 1 saturated carbocycles. The van der Waals surface area contributed by atoms with E-state index in [9.17, 15) is 0 Å². The van der Waals surface area contributed by atoms with Crippen LogP contribution in [0.4, 0.5) is 0 Å². The van der Waals surface area contributed by atoms with Gasteiger partial charge in [0.15, 0.2) is 0 Å². The lowest BCUT2D eigenvalue weighted by molar-refractivity contribution is 0.0775. The topological polar surface area (TPSA) is 38.5 Å². The van der Waals surface area contributed by atoms with Crippen molar-refractivity contribution < 1.29 is 4.74 Å². The molecular weight excluding hydrogens is 212 g/mol. The van der Waals surface area contributed by atoms with Crippen LogP contribution < -0.4 is 5.73 Å². The Kier molecular flexibility index (Phi) is 6.45. The summed E-state index contributed by atoms with van der Waals surface area (Å²) >= 11 is 0. The minimum Gasteiger partial charge on any atom is -0.380 e. The van der Waals surface area contributed by atoms with Crippen molar-refractivity contribution in [1.29, 1.82) is 0 Å². The summed E-state index contributed by atoms with van der Waals surface area (Å²) in [5, 5.41) is 0.